The van der Waals surface area contributed by atoms with Crippen LogP contribution in [0.3, 0.4) is 0 Å². The van der Waals surface area contributed by atoms with Gasteiger partial charge >= 0.3 is 5.97 Å². The molecule has 0 radical (unpaired) electrons. The van der Waals surface area contributed by atoms with E-state index in [1.165, 1.54) is 16.4 Å². The Bertz CT molecular complexity index is 653. The van der Waals surface area contributed by atoms with Crippen molar-refractivity contribution in [2.45, 2.75) is 24.2 Å². The van der Waals surface area contributed by atoms with Crippen molar-refractivity contribution in [2.24, 2.45) is 5.92 Å². The van der Waals surface area contributed by atoms with Gasteiger partial charge in [0.1, 0.15) is 0 Å². The molecule has 2 rings (SSSR count). The Morgan fingerprint density at radius 3 is 2.33 bits per heavy atom. The van der Waals surface area contributed by atoms with Crippen molar-refractivity contribution in [1.29, 1.82) is 5.26 Å². The molecule has 0 aliphatic carbocycles. The van der Waals surface area contributed by atoms with E-state index in [1.54, 1.807) is 12.1 Å². The fraction of sp³-hybridized carbons (Fsp3) is 0.429. The lowest BCUT2D eigenvalue weighted by molar-refractivity contribution is -0.142. The molecule has 0 unspecified atom stereocenters. The van der Waals surface area contributed by atoms with Crippen molar-refractivity contribution in [3.8, 4) is 6.07 Å². The molecule has 21 heavy (non-hydrogen) atoms. The van der Waals surface area contributed by atoms with Gasteiger partial charge in [-0.1, -0.05) is 12.1 Å². The van der Waals surface area contributed by atoms with Crippen LogP contribution >= 0.6 is 0 Å². The number of hydrogen-bond acceptors (Lipinski definition) is 4. The largest absolute Gasteiger partial charge is 0.481 e. The van der Waals surface area contributed by atoms with Crippen LogP contribution in [0.15, 0.2) is 29.2 Å². The average molecular weight is 308 g/mol. The van der Waals surface area contributed by atoms with E-state index < -0.39 is 21.9 Å². The zero-order chi connectivity index (χ0) is 15.5. The normalized spacial score (nSPS) is 17.3. The summed E-state index contributed by atoms with van der Waals surface area (Å²) in [6.07, 6.45) is 0.909. The Labute approximate surface area is 123 Å². The molecule has 1 aromatic carbocycles. The van der Waals surface area contributed by atoms with Gasteiger partial charge < -0.3 is 5.11 Å². The maximum atomic E-state index is 12.4. The Hall–Kier alpha value is -1.91. The summed E-state index contributed by atoms with van der Waals surface area (Å²) in [5, 5.41) is 17.5. The first-order valence-electron chi connectivity index (χ1n) is 6.64. The summed E-state index contributed by atoms with van der Waals surface area (Å²) < 4.78 is 26.2. The molecule has 1 aliphatic rings. The molecule has 1 heterocycles. The summed E-state index contributed by atoms with van der Waals surface area (Å²) in [6, 6.07) is 8.24. The molecule has 1 aliphatic heterocycles. The number of sulfonamides is 1. The molecular formula is C14H16N2O4S. The Morgan fingerprint density at radius 1 is 1.29 bits per heavy atom. The second-order valence-electron chi connectivity index (χ2n) is 5.00. The number of aliphatic carboxylic acids is 1. The first-order chi connectivity index (χ1) is 9.95. The monoisotopic (exact) mass is 308 g/mol. The van der Waals surface area contributed by atoms with E-state index in [2.05, 4.69) is 0 Å². The first kappa shape index (κ1) is 15.5. The lowest BCUT2D eigenvalue weighted by Gasteiger charge is -2.29. The van der Waals surface area contributed by atoms with Crippen LogP contribution in [0.2, 0.25) is 0 Å². The van der Waals surface area contributed by atoms with Gasteiger partial charge in [0, 0.05) is 13.1 Å². The van der Waals surface area contributed by atoms with E-state index in [-0.39, 0.29) is 24.4 Å². The van der Waals surface area contributed by atoms with Crippen LogP contribution in [0.5, 0.6) is 0 Å². The summed E-state index contributed by atoms with van der Waals surface area (Å²) in [4.78, 5) is 11.1. The van der Waals surface area contributed by atoms with Gasteiger partial charge in [-0.15, -0.1) is 0 Å². The lowest BCUT2D eigenvalue weighted by Crippen LogP contribution is -2.40. The van der Waals surface area contributed by atoms with Gasteiger partial charge in [-0.05, 0) is 30.5 Å². The van der Waals surface area contributed by atoms with E-state index in [9.17, 15) is 13.2 Å². The van der Waals surface area contributed by atoms with Crippen LogP contribution in [0.1, 0.15) is 18.4 Å². The van der Waals surface area contributed by atoms with Gasteiger partial charge in [-0.25, -0.2) is 8.42 Å². The van der Waals surface area contributed by atoms with E-state index in [0.29, 0.717) is 12.8 Å². The molecule has 1 N–H and O–H groups in total. The van der Waals surface area contributed by atoms with Gasteiger partial charge in [-0.3, -0.25) is 4.79 Å². The molecular weight excluding hydrogens is 292 g/mol. The number of carboxylic acids is 1. The predicted molar refractivity (Wildman–Crippen MR) is 74.9 cm³/mol. The van der Waals surface area contributed by atoms with Crippen LogP contribution in [-0.2, 0) is 21.2 Å². The van der Waals surface area contributed by atoms with E-state index >= 15 is 0 Å². The van der Waals surface area contributed by atoms with Gasteiger partial charge in [0.2, 0.25) is 10.0 Å². The predicted octanol–water partition coefficient (Wildman–Crippen LogP) is 1.24. The van der Waals surface area contributed by atoms with Gasteiger partial charge in [0.25, 0.3) is 0 Å². The quantitative estimate of drug-likeness (QED) is 0.902. The number of hydrogen-bond donors (Lipinski definition) is 1. The standard InChI is InChI=1S/C14H16N2O4S/c15-8-5-11-1-3-13(4-2-11)21(19,20)16-9-6-12(7-10-16)14(17)18/h1-4,12H,5-7,9-10H2,(H,17,18). The number of piperidine rings is 1. The molecule has 0 spiro atoms. The molecule has 6 nitrogen and oxygen atoms in total. The molecule has 0 bridgehead atoms. The molecule has 0 atom stereocenters. The van der Waals surface area contributed by atoms with Crippen LogP contribution in [-0.4, -0.2) is 36.9 Å². The highest BCUT2D eigenvalue weighted by molar-refractivity contribution is 7.89. The Morgan fingerprint density at radius 2 is 1.86 bits per heavy atom. The fourth-order valence-corrected chi connectivity index (χ4v) is 3.83. The lowest BCUT2D eigenvalue weighted by atomic mass is 9.99. The molecule has 1 fully saturated rings. The van der Waals surface area contributed by atoms with Crippen LogP contribution in [0, 0.1) is 17.2 Å². The van der Waals surface area contributed by atoms with E-state index in [0.717, 1.165) is 5.56 Å². The van der Waals surface area contributed by atoms with Gasteiger partial charge in [-0.2, -0.15) is 9.57 Å². The summed E-state index contributed by atoms with van der Waals surface area (Å²) >= 11 is 0. The number of nitrogens with zero attached hydrogens (tertiary/aromatic N) is 2. The van der Waals surface area contributed by atoms with Crippen molar-refractivity contribution >= 4 is 16.0 Å². The molecule has 0 amide bonds. The summed E-state index contributed by atoms with van der Waals surface area (Å²) in [5.41, 5.74) is 0.765. The topological polar surface area (TPSA) is 98.5 Å². The third-order valence-corrected chi connectivity index (χ3v) is 5.56. The highest BCUT2D eigenvalue weighted by Gasteiger charge is 2.31. The minimum Gasteiger partial charge on any atom is -0.481 e. The Balaban J connectivity index is 2.12. The zero-order valence-electron chi connectivity index (χ0n) is 11.4. The number of carbonyl (C=O) groups is 1. The number of benzene rings is 1. The average Bonchev–Trinajstić information content (AvgIpc) is 2.48. The third kappa shape index (κ3) is 3.40. The van der Waals surface area contributed by atoms with Gasteiger partial charge in [0.15, 0.2) is 0 Å². The number of rotatable bonds is 4. The smallest absolute Gasteiger partial charge is 0.306 e. The summed E-state index contributed by atoms with van der Waals surface area (Å²) in [6.45, 7) is 0.443. The summed E-state index contributed by atoms with van der Waals surface area (Å²) in [7, 11) is -3.59. The van der Waals surface area contributed by atoms with Crippen molar-refractivity contribution in [3.63, 3.8) is 0 Å². The molecule has 7 heteroatoms. The van der Waals surface area contributed by atoms with Crippen LogP contribution in [0.25, 0.3) is 0 Å². The van der Waals surface area contributed by atoms with Crippen molar-refractivity contribution in [1.82, 2.24) is 4.31 Å². The number of nitriles is 1. The third-order valence-electron chi connectivity index (χ3n) is 3.65. The maximum Gasteiger partial charge on any atom is 0.306 e. The minimum atomic E-state index is -3.59. The summed E-state index contributed by atoms with van der Waals surface area (Å²) in [5.74, 6) is -1.33. The molecule has 1 aromatic rings. The maximum absolute atomic E-state index is 12.4. The van der Waals surface area contributed by atoms with Gasteiger partial charge in [0.05, 0.1) is 23.3 Å². The van der Waals surface area contributed by atoms with Crippen LogP contribution in [0.4, 0.5) is 0 Å². The highest BCUT2D eigenvalue weighted by Crippen LogP contribution is 2.24. The fourth-order valence-electron chi connectivity index (χ4n) is 2.36. The zero-order valence-corrected chi connectivity index (χ0v) is 12.2. The van der Waals surface area contributed by atoms with E-state index in [1.807, 2.05) is 6.07 Å². The van der Waals surface area contributed by atoms with Crippen molar-refractivity contribution < 1.29 is 18.3 Å². The second-order valence-corrected chi connectivity index (χ2v) is 6.93. The SMILES string of the molecule is N#CCc1ccc(S(=O)(=O)N2CCC(C(=O)O)CC2)cc1. The second kappa shape index (κ2) is 6.24. The minimum absolute atomic E-state index is 0.179. The first-order valence-corrected chi connectivity index (χ1v) is 8.08. The molecule has 0 aromatic heterocycles. The van der Waals surface area contributed by atoms with E-state index in [4.69, 9.17) is 10.4 Å². The van der Waals surface area contributed by atoms with Crippen LogP contribution < -0.4 is 0 Å². The van der Waals surface area contributed by atoms with Crippen molar-refractivity contribution in [3.05, 3.63) is 29.8 Å². The van der Waals surface area contributed by atoms with Crippen molar-refractivity contribution in [2.75, 3.05) is 13.1 Å². The number of carboxylic acid groups (broad SMARTS) is 1. The molecule has 1 saturated heterocycles. The Kier molecular flexibility index (Phi) is 4.60. The highest BCUT2D eigenvalue weighted by atomic mass is 32.2. The molecule has 0 saturated carbocycles. The molecule has 112 valence electrons.